The van der Waals surface area contributed by atoms with E-state index in [1.165, 1.54) is 6.07 Å². The van der Waals surface area contributed by atoms with Crippen molar-refractivity contribution in [3.05, 3.63) is 59.7 Å². The summed E-state index contributed by atoms with van der Waals surface area (Å²) >= 11 is 0. The zero-order valence-electron chi connectivity index (χ0n) is 12.1. The van der Waals surface area contributed by atoms with Crippen LogP contribution in [0.15, 0.2) is 48.5 Å². The molecule has 0 unspecified atom stereocenters. The van der Waals surface area contributed by atoms with Crippen molar-refractivity contribution in [2.75, 3.05) is 5.32 Å². The maximum Gasteiger partial charge on any atom is 0.416 e. The molecule has 0 aliphatic heterocycles. The maximum absolute atomic E-state index is 12.8. The molecule has 0 saturated carbocycles. The maximum atomic E-state index is 12.8. The van der Waals surface area contributed by atoms with Crippen LogP contribution >= 0.6 is 0 Å². The van der Waals surface area contributed by atoms with Gasteiger partial charge in [-0.2, -0.15) is 13.2 Å². The molecular formula is C17H13F3N2O. The number of aryl methyl sites for hydroxylation is 1. The quantitative estimate of drug-likeness (QED) is 0.698. The van der Waals surface area contributed by atoms with Crippen molar-refractivity contribution in [3.63, 3.8) is 0 Å². The normalized spacial score (nSPS) is 11.7. The monoisotopic (exact) mass is 318 g/mol. The average molecular weight is 318 g/mol. The highest BCUT2D eigenvalue weighted by Gasteiger charge is 2.30. The lowest BCUT2D eigenvalue weighted by atomic mass is 10.1. The van der Waals surface area contributed by atoms with Crippen LogP contribution in [0.4, 0.5) is 24.7 Å². The Labute approximate surface area is 130 Å². The van der Waals surface area contributed by atoms with Gasteiger partial charge in [-0.1, -0.05) is 12.1 Å². The largest absolute Gasteiger partial charge is 0.507 e. The molecule has 1 heterocycles. The molecule has 0 fully saturated rings. The molecule has 1 aromatic heterocycles. The van der Waals surface area contributed by atoms with Crippen LogP contribution in [0.3, 0.4) is 0 Å². The summed E-state index contributed by atoms with van der Waals surface area (Å²) in [5.74, 6) is 0.540. The van der Waals surface area contributed by atoms with Crippen LogP contribution in [0, 0.1) is 6.92 Å². The van der Waals surface area contributed by atoms with Gasteiger partial charge in [-0.3, -0.25) is 0 Å². The standard InChI is InChI=1S/C17H13F3N2O/c1-10-8-15(22-13-6-3-7-14(23)16(10)13)21-12-5-2-4-11(9-12)17(18,19)20/h2-9,23H,1H3,(H,21,22). The predicted octanol–water partition coefficient (Wildman–Crippen LogP) is 5.01. The van der Waals surface area contributed by atoms with Gasteiger partial charge in [0.1, 0.15) is 11.6 Å². The summed E-state index contributed by atoms with van der Waals surface area (Å²) in [6, 6.07) is 11.6. The summed E-state index contributed by atoms with van der Waals surface area (Å²) in [4.78, 5) is 4.33. The molecule has 0 spiro atoms. The van der Waals surface area contributed by atoms with Gasteiger partial charge in [0.05, 0.1) is 11.1 Å². The van der Waals surface area contributed by atoms with Crippen molar-refractivity contribution in [2.24, 2.45) is 0 Å². The highest BCUT2D eigenvalue weighted by atomic mass is 19.4. The first-order valence-electron chi connectivity index (χ1n) is 6.88. The molecule has 0 saturated heterocycles. The minimum atomic E-state index is -4.39. The number of nitrogens with one attached hydrogen (secondary N) is 1. The molecule has 23 heavy (non-hydrogen) atoms. The topological polar surface area (TPSA) is 45.2 Å². The number of nitrogens with zero attached hydrogens (tertiary/aromatic N) is 1. The fraction of sp³-hybridized carbons (Fsp3) is 0.118. The van der Waals surface area contributed by atoms with E-state index in [0.29, 0.717) is 22.4 Å². The lowest BCUT2D eigenvalue weighted by Crippen LogP contribution is -2.05. The Hall–Kier alpha value is -2.76. The van der Waals surface area contributed by atoms with Crippen molar-refractivity contribution in [1.29, 1.82) is 0 Å². The second kappa shape index (κ2) is 5.46. The average Bonchev–Trinajstić information content (AvgIpc) is 2.46. The van der Waals surface area contributed by atoms with E-state index in [0.717, 1.165) is 17.7 Å². The first kappa shape index (κ1) is 15.1. The van der Waals surface area contributed by atoms with Crippen LogP contribution in [0.2, 0.25) is 0 Å². The Kier molecular flexibility index (Phi) is 3.60. The number of aromatic nitrogens is 1. The number of benzene rings is 2. The number of phenols is 1. The number of anilines is 2. The molecule has 2 aromatic carbocycles. The van der Waals surface area contributed by atoms with E-state index < -0.39 is 11.7 Å². The number of hydrogen-bond donors (Lipinski definition) is 2. The minimum Gasteiger partial charge on any atom is -0.507 e. The Morgan fingerprint density at radius 1 is 1.04 bits per heavy atom. The van der Waals surface area contributed by atoms with Crippen molar-refractivity contribution in [3.8, 4) is 5.75 Å². The molecule has 6 heteroatoms. The van der Waals surface area contributed by atoms with Gasteiger partial charge in [0.25, 0.3) is 0 Å². The Morgan fingerprint density at radius 3 is 2.52 bits per heavy atom. The fourth-order valence-corrected chi connectivity index (χ4v) is 2.45. The number of halogens is 3. The van der Waals surface area contributed by atoms with E-state index in [-0.39, 0.29) is 5.75 Å². The lowest BCUT2D eigenvalue weighted by Gasteiger charge is -2.12. The highest BCUT2D eigenvalue weighted by Crippen LogP contribution is 2.32. The number of hydrogen-bond acceptors (Lipinski definition) is 3. The second-order valence-electron chi connectivity index (χ2n) is 5.20. The van der Waals surface area contributed by atoms with Crippen molar-refractivity contribution in [1.82, 2.24) is 4.98 Å². The third kappa shape index (κ3) is 3.06. The van der Waals surface area contributed by atoms with Gasteiger partial charge in [-0.15, -0.1) is 0 Å². The van der Waals surface area contributed by atoms with Crippen LogP contribution < -0.4 is 5.32 Å². The first-order valence-corrected chi connectivity index (χ1v) is 6.88. The number of fused-ring (bicyclic) bond motifs is 1. The summed E-state index contributed by atoms with van der Waals surface area (Å²) in [6.45, 7) is 1.81. The van der Waals surface area contributed by atoms with Gasteiger partial charge in [0.2, 0.25) is 0 Å². The van der Waals surface area contributed by atoms with E-state index in [4.69, 9.17) is 0 Å². The molecule has 0 radical (unpaired) electrons. The molecule has 0 aliphatic carbocycles. The van der Waals surface area contributed by atoms with Gasteiger partial charge in [-0.05, 0) is 48.9 Å². The van der Waals surface area contributed by atoms with Gasteiger partial charge >= 0.3 is 6.18 Å². The number of phenolic OH excluding ortho intramolecular Hbond substituents is 1. The Morgan fingerprint density at radius 2 is 1.78 bits per heavy atom. The van der Waals surface area contributed by atoms with Crippen LogP contribution in [0.1, 0.15) is 11.1 Å². The molecule has 0 atom stereocenters. The zero-order valence-corrected chi connectivity index (χ0v) is 12.1. The number of alkyl halides is 3. The van der Waals surface area contributed by atoms with Crippen molar-refractivity contribution >= 4 is 22.4 Å². The van der Waals surface area contributed by atoms with Crippen molar-refractivity contribution in [2.45, 2.75) is 13.1 Å². The van der Waals surface area contributed by atoms with E-state index in [2.05, 4.69) is 10.3 Å². The smallest absolute Gasteiger partial charge is 0.416 e. The van der Waals surface area contributed by atoms with Crippen LogP contribution in [0.5, 0.6) is 5.75 Å². The SMILES string of the molecule is Cc1cc(Nc2cccc(C(F)(F)F)c2)nc2cccc(O)c12. The summed E-state index contributed by atoms with van der Waals surface area (Å²) in [5, 5.41) is 13.4. The number of pyridine rings is 1. The van der Waals surface area contributed by atoms with Gasteiger partial charge in [-0.25, -0.2) is 4.98 Å². The molecule has 3 aromatic rings. The number of aromatic hydroxyl groups is 1. The predicted molar refractivity (Wildman–Crippen MR) is 82.9 cm³/mol. The van der Waals surface area contributed by atoms with E-state index in [1.54, 1.807) is 37.3 Å². The van der Waals surface area contributed by atoms with E-state index in [1.807, 2.05) is 0 Å². The molecule has 3 rings (SSSR count). The van der Waals surface area contributed by atoms with E-state index >= 15 is 0 Å². The van der Waals surface area contributed by atoms with Gasteiger partial charge in [0.15, 0.2) is 0 Å². The second-order valence-corrected chi connectivity index (χ2v) is 5.20. The highest BCUT2D eigenvalue weighted by molar-refractivity contribution is 5.89. The minimum absolute atomic E-state index is 0.123. The molecule has 0 bridgehead atoms. The lowest BCUT2D eigenvalue weighted by molar-refractivity contribution is -0.137. The first-order chi connectivity index (χ1) is 10.8. The Bertz CT molecular complexity index is 875. The Balaban J connectivity index is 1.99. The molecular weight excluding hydrogens is 305 g/mol. The van der Waals surface area contributed by atoms with Crippen LogP contribution in [-0.4, -0.2) is 10.1 Å². The van der Waals surface area contributed by atoms with E-state index in [9.17, 15) is 18.3 Å². The third-order valence-corrected chi connectivity index (χ3v) is 3.47. The van der Waals surface area contributed by atoms with Gasteiger partial charge in [0, 0.05) is 11.1 Å². The summed E-state index contributed by atoms with van der Waals surface area (Å²) in [7, 11) is 0. The molecule has 2 N–H and O–H groups in total. The van der Waals surface area contributed by atoms with Crippen LogP contribution in [0.25, 0.3) is 10.9 Å². The zero-order chi connectivity index (χ0) is 16.6. The van der Waals surface area contributed by atoms with Crippen molar-refractivity contribution < 1.29 is 18.3 Å². The fourth-order valence-electron chi connectivity index (χ4n) is 2.45. The number of rotatable bonds is 2. The molecule has 3 nitrogen and oxygen atoms in total. The van der Waals surface area contributed by atoms with Crippen LogP contribution in [-0.2, 0) is 6.18 Å². The molecule has 0 amide bonds. The summed E-state index contributed by atoms with van der Waals surface area (Å²) < 4.78 is 38.3. The molecule has 0 aliphatic rings. The van der Waals surface area contributed by atoms with Gasteiger partial charge < -0.3 is 10.4 Å². The summed E-state index contributed by atoms with van der Waals surface area (Å²) in [6.07, 6.45) is -4.39. The molecule has 118 valence electrons. The third-order valence-electron chi connectivity index (χ3n) is 3.47. The summed E-state index contributed by atoms with van der Waals surface area (Å²) in [5.41, 5.74) is 0.922.